The molecule has 50 heavy (non-hydrogen) atoms. The second-order valence-corrected chi connectivity index (χ2v) is 11.6. The second kappa shape index (κ2) is 13.5. The molecule has 0 bridgehead atoms. The SMILES string of the molecule is N#Cc1ccc(-c2cc(-c3ccccc3)cc(-c3ccc(-c4ccc(-c5nc(-c6ccccc6)nc(-c6ccccc6)n5)cc4)cn3)n2)nc1. The van der Waals surface area contributed by atoms with Gasteiger partial charge in [0.2, 0.25) is 0 Å². The smallest absolute Gasteiger partial charge is 0.164 e. The number of nitriles is 1. The number of pyridine rings is 3. The van der Waals surface area contributed by atoms with Crippen LogP contribution in [0.3, 0.4) is 0 Å². The number of aromatic nitrogens is 6. The average molecular weight is 642 g/mol. The molecule has 8 aromatic rings. The molecular formula is C43H27N7. The van der Waals surface area contributed by atoms with Crippen LogP contribution in [-0.4, -0.2) is 29.9 Å². The van der Waals surface area contributed by atoms with Crippen molar-refractivity contribution < 1.29 is 0 Å². The maximum Gasteiger partial charge on any atom is 0.164 e. The summed E-state index contributed by atoms with van der Waals surface area (Å²) in [6.07, 6.45) is 3.43. The molecule has 0 aliphatic heterocycles. The van der Waals surface area contributed by atoms with Gasteiger partial charge in [0, 0.05) is 34.6 Å². The first kappa shape index (κ1) is 30.2. The molecular weight excluding hydrogens is 615 g/mol. The molecule has 0 N–H and O–H groups in total. The van der Waals surface area contributed by atoms with Crippen molar-refractivity contribution in [3.8, 4) is 85.3 Å². The van der Waals surface area contributed by atoms with Gasteiger partial charge in [-0.2, -0.15) is 5.26 Å². The Kier molecular flexibility index (Phi) is 8.16. The van der Waals surface area contributed by atoms with E-state index in [9.17, 15) is 5.26 Å². The van der Waals surface area contributed by atoms with Gasteiger partial charge in [0.25, 0.3) is 0 Å². The predicted octanol–water partition coefficient (Wildman–Crippen LogP) is 9.60. The first-order valence-corrected chi connectivity index (χ1v) is 16.1. The Balaban J connectivity index is 1.11. The zero-order valence-corrected chi connectivity index (χ0v) is 26.7. The zero-order chi connectivity index (χ0) is 33.7. The van der Waals surface area contributed by atoms with Crippen LogP contribution in [-0.2, 0) is 0 Å². The van der Waals surface area contributed by atoms with Gasteiger partial charge in [-0.3, -0.25) is 9.97 Å². The van der Waals surface area contributed by atoms with E-state index in [0.717, 1.165) is 50.3 Å². The lowest BCUT2D eigenvalue weighted by Gasteiger charge is -2.10. The maximum absolute atomic E-state index is 9.23. The van der Waals surface area contributed by atoms with E-state index >= 15 is 0 Å². The maximum atomic E-state index is 9.23. The summed E-state index contributed by atoms with van der Waals surface area (Å²) in [5.41, 5.74) is 10.2. The van der Waals surface area contributed by atoms with Gasteiger partial charge in [0.05, 0.1) is 28.3 Å². The van der Waals surface area contributed by atoms with Crippen LogP contribution in [0.5, 0.6) is 0 Å². The highest BCUT2D eigenvalue weighted by Gasteiger charge is 2.14. The Morgan fingerprint density at radius 1 is 0.340 bits per heavy atom. The number of nitrogens with zero attached hydrogens (tertiary/aromatic N) is 7. The quantitative estimate of drug-likeness (QED) is 0.171. The molecule has 7 heteroatoms. The molecule has 0 radical (unpaired) electrons. The number of benzene rings is 4. The van der Waals surface area contributed by atoms with E-state index in [4.69, 9.17) is 24.9 Å². The molecule has 0 amide bonds. The molecule has 8 rings (SSSR count). The number of rotatable bonds is 7. The van der Waals surface area contributed by atoms with Crippen molar-refractivity contribution in [3.63, 3.8) is 0 Å². The lowest BCUT2D eigenvalue weighted by Crippen LogP contribution is -2.00. The van der Waals surface area contributed by atoms with Gasteiger partial charge in [-0.05, 0) is 47.0 Å². The normalized spacial score (nSPS) is 10.8. The number of hydrogen-bond acceptors (Lipinski definition) is 7. The summed E-state index contributed by atoms with van der Waals surface area (Å²) < 4.78 is 0. The molecule has 4 aromatic heterocycles. The highest BCUT2D eigenvalue weighted by Crippen LogP contribution is 2.31. The first-order chi connectivity index (χ1) is 24.7. The van der Waals surface area contributed by atoms with Crippen LogP contribution in [0.15, 0.2) is 164 Å². The van der Waals surface area contributed by atoms with Crippen LogP contribution in [0.1, 0.15) is 5.56 Å². The van der Waals surface area contributed by atoms with Crippen molar-refractivity contribution in [2.24, 2.45) is 0 Å². The minimum absolute atomic E-state index is 0.501. The van der Waals surface area contributed by atoms with Gasteiger partial charge >= 0.3 is 0 Å². The van der Waals surface area contributed by atoms with Crippen molar-refractivity contribution in [2.45, 2.75) is 0 Å². The topological polar surface area (TPSA) is 101 Å². The van der Waals surface area contributed by atoms with Crippen molar-refractivity contribution in [1.29, 1.82) is 5.26 Å². The van der Waals surface area contributed by atoms with Crippen molar-refractivity contribution in [1.82, 2.24) is 29.9 Å². The van der Waals surface area contributed by atoms with Crippen LogP contribution in [0, 0.1) is 11.3 Å². The number of hydrogen-bond donors (Lipinski definition) is 0. The standard InChI is InChI=1S/C43H27N7/c44-26-29-16-22-37(45-27-29)39-24-36(30-10-4-1-5-11-30)25-40(47-39)38-23-21-35(28-46-38)31-17-19-34(20-18-31)43-49-41(32-12-6-2-7-13-32)48-42(50-43)33-14-8-3-9-15-33/h1-25,27-28H. The molecule has 0 spiro atoms. The van der Waals surface area contributed by atoms with Crippen LogP contribution < -0.4 is 0 Å². The van der Waals surface area contributed by atoms with Gasteiger partial charge in [-0.1, -0.05) is 121 Å². The fourth-order valence-corrected chi connectivity index (χ4v) is 5.67. The van der Waals surface area contributed by atoms with E-state index in [1.165, 1.54) is 0 Å². The molecule has 0 unspecified atom stereocenters. The summed E-state index contributed by atoms with van der Waals surface area (Å²) in [5.74, 6) is 1.86. The summed E-state index contributed by atoms with van der Waals surface area (Å²) in [6.45, 7) is 0. The third kappa shape index (κ3) is 6.37. The fraction of sp³-hybridized carbons (Fsp3) is 0. The Hall–Kier alpha value is -7.17. The molecule has 0 atom stereocenters. The van der Waals surface area contributed by atoms with Gasteiger partial charge < -0.3 is 0 Å². The summed E-state index contributed by atoms with van der Waals surface area (Å²) in [6, 6.07) is 52.0. The van der Waals surface area contributed by atoms with E-state index in [2.05, 4.69) is 41.4 Å². The van der Waals surface area contributed by atoms with E-state index in [-0.39, 0.29) is 0 Å². The van der Waals surface area contributed by atoms with Gasteiger partial charge in [-0.25, -0.2) is 19.9 Å². The van der Waals surface area contributed by atoms with Gasteiger partial charge in [0.1, 0.15) is 6.07 Å². The van der Waals surface area contributed by atoms with Gasteiger partial charge in [-0.15, -0.1) is 0 Å². The highest BCUT2D eigenvalue weighted by atomic mass is 15.0. The largest absolute Gasteiger partial charge is 0.254 e. The zero-order valence-electron chi connectivity index (χ0n) is 26.7. The molecule has 0 saturated carbocycles. The second-order valence-electron chi connectivity index (χ2n) is 11.6. The monoisotopic (exact) mass is 641 g/mol. The predicted molar refractivity (Wildman–Crippen MR) is 196 cm³/mol. The highest BCUT2D eigenvalue weighted by molar-refractivity contribution is 5.76. The van der Waals surface area contributed by atoms with Crippen LogP contribution >= 0.6 is 0 Å². The molecule has 0 fully saturated rings. The van der Waals surface area contributed by atoms with Crippen LogP contribution in [0.25, 0.3) is 79.2 Å². The Morgan fingerprint density at radius 3 is 1.22 bits per heavy atom. The minimum atomic E-state index is 0.501. The van der Waals surface area contributed by atoms with Crippen molar-refractivity contribution in [2.75, 3.05) is 0 Å². The average Bonchev–Trinajstić information content (AvgIpc) is 3.21. The minimum Gasteiger partial charge on any atom is -0.254 e. The fourth-order valence-electron chi connectivity index (χ4n) is 5.67. The van der Waals surface area contributed by atoms with Crippen molar-refractivity contribution >= 4 is 0 Å². The Morgan fingerprint density at radius 2 is 0.760 bits per heavy atom. The molecule has 0 saturated heterocycles. The lowest BCUT2D eigenvalue weighted by molar-refractivity contribution is 1.07. The summed E-state index contributed by atoms with van der Waals surface area (Å²) >= 11 is 0. The van der Waals surface area contributed by atoms with E-state index < -0.39 is 0 Å². The van der Waals surface area contributed by atoms with Gasteiger partial charge in [0.15, 0.2) is 17.5 Å². The third-order valence-corrected chi connectivity index (χ3v) is 8.29. The molecule has 0 aliphatic carbocycles. The molecule has 0 aliphatic rings. The Labute approximate surface area is 289 Å². The molecule has 7 nitrogen and oxygen atoms in total. The van der Waals surface area contributed by atoms with Crippen LogP contribution in [0.4, 0.5) is 0 Å². The summed E-state index contributed by atoms with van der Waals surface area (Å²) in [5, 5.41) is 9.23. The first-order valence-electron chi connectivity index (χ1n) is 16.1. The lowest BCUT2D eigenvalue weighted by atomic mass is 10.0. The molecule has 4 aromatic carbocycles. The Bertz CT molecular complexity index is 2380. The molecule has 234 valence electrons. The van der Waals surface area contributed by atoms with Crippen LogP contribution in [0.2, 0.25) is 0 Å². The third-order valence-electron chi connectivity index (χ3n) is 8.29. The molecule has 4 heterocycles. The summed E-state index contributed by atoms with van der Waals surface area (Å²) in [4.78, 5) is 28.8. The summed E-state index contributed by atoms with van der Waals surface area (Å²) in [7, 11) is 0. The van der Waals surface area contributed by atoms with Crippen molar-refractivity contribution in [3.05, 3.63) is 170 Å². The van der Waals surface area contributed by atoms with E-state index in [1.54, 1.807) is 12.3 Å². The van der Waals surface area contributed by atoms with E-state index in [1.807, 2.05) is 121 Å². The van der Waals surface area contributed by atoms with E-state index in [0.29, 0.717) is 34.4 Å².